The summed E-state index contributed by atoms with van der Waals surface area (Å²) in [6.07, 6.45) is 0. The Morgan fingerprint density at radius 2 is 1.72 bits per heavy atom. The second-order valence-corrected chi connectivity index (χ2v) is 6.82. The molecule has 0 spiro atoms. The summed E-state index contributed by atoms with van der Waals surface area (Å²) in [5.74, 6) is -0.300. The lowest BCUT2D eigenvalue weighted by atomic mass is 10.2. The van der Waals surface area contributed by atoms with Crippen molar-refractivity contribution in [2.24, 2.45) is 10.3 Å². The third-order valence-corrected chi connectivity index (χ3v) is 3.82. The molecule has 8 nitrogen and oxygen atoms in total. The number of sulfonamides is 2. The lowest BCUT2D eigenvalue weighted by Crippen LogP contribution is -2.23. The van der Waals surface area contributed by atoms with E-state index < -0.39 is 20.0 Å². The van der Waals surface area contributed by atoms with Crippen LogP contribution in [0.3, 0.4) is 0 Å². The van der Waals surface area contributed by atoms with Crippen LogP contribution < -0.4 is 21.3 Å². The molecule has 0 saturated heterocycles. The fraction of sp³-hybridized carbons (Fsp3) is 0.250. The van der Waals surface area contributed by atoms with Gasteiger partial charge in [-0.05, 0) is 12.1 Å². The lowest BCUT2D eigenvalue weighted by Gasteiger charge is -2.11. The number of nitrogen functional groups attached to an aromatic ring is 1. The number of primary sulfonamides is 2. The minimum atomic E-state index is -3.92. The smallest absolute Gasteiger partial charge is 0.240 e. The molecule has 0 atom stereocenters. The van der Waals surface area contributed by atoms with Crippen LogP contribution in [0.4, 0.5) is 11.4 Å². The molecule has 1 rings (SSSR count). The number of rotatable bonds is 5. The van der Waals surface area contributed by atoms with E-state index in [9.17, 15) is 16.8 Å². The molecule has 0 heterocycles. The van der Waals surface area contributed by atoms with Crippen molar-refractivity contribution in [3.8, 4) is 0 Å². The first-order valence-electron chi connectivity index (χ1n) is 4.77. The molecule has 0 radical (unpaired) electrons. The first kappa shape index (κ1) is 14.7. The number of nitrogens with one attached hydrogen (secondary N) is 1. The SMILES string of the molecule is Nc1c(NCCS(N)(=O)=O)cccc1S(N)(=O)=O. The number of benzene rings is 1. The lowest BCUT2D eigenvalue weighted by molar-refractivity contribution is 0.596. The maximum absolute atomic E-state index is 11.2. The summed E-state index contributed by atoms with van der Waals surface area (Å²) in [6.45, 7) is 0.0110. The fourth-order valence-electron chi connectivity index (χ4n) is 1.27. The van der Waals surface area contributed by atoms with Gasteiger partial charge in [-0.25, -0.2) is 27.1 Å². The number of hydrogen-bond donors (Lipinski definition) is 4. The van der Waals surface area contributed by atoms with Gasteiger partial charge in [0.15, 0.2) is 0 Å². The molecule has 102 valence electrons. The Balaban J connectivity index is 2.92. The van der Waals surface area contributed by atoms with E-state index in [1.807, 2.05) is 0 Å². The van der Waals surface area contributed by atoms with E-state index in [2.05, 4.69) is 5.32 Å². The molecule has 0 saturated carbocycles. The predicted octanol–water partition coefficient (Wildman–Crippen LogP) is -1.38. The summed E-state index contributed by atoms with van der Waals surface area (Å²) in [7, 11) is -7.51. The van der Waals surface area contributed by atoms with Crippen molar-refractivity contribution >= 4 is 31.4 Å². The van der Waals surface area contributed by atoms with Gasteiger partial charge in [-0.1, -0.05) is 6.07 Å². The summed E-state index contributed by atoms with van der Waals surface area (Å²) in [5, 5.41) is 12.5. The second-order valence-electron chi connectivity index (χ2n) is 3.56. The van der Waals surface area contributed by atoms with Crippen LogP contribution in [0.25, 0.3) is 0 Å². The van der Waals surface area contributed by atoms with Crippen molar-refractivity contribution in [1.29, 1.82) is 0 Å². The molecule has 0 aromatic heterocycles. The Morgan fingerprint density at radius 1 is 1.11 bits per heavy atom. The van der Waals surface area contributed by atoms with E-state index in [1.54, 1.807) is 0 Å². The number of anilines is 2. The Labute approximate surface area is 105 Å². The molecule has 0 fully saturated rings. The summed E-state index contributed by atoms with van der Waals surface area (Å²) >= 11 is 0. The molecule has 0 aliphatic rings. The zero-order valence-electron chi connectivity index (χ0n) is 9.33. The molecule has 0 unspecified atom stereocenters. The maximum atomic E-state index is 11.2. The Bertz CT molecular complexity index is 639. The molecule has 7 N–H and O–H groups in total. The van der Waals surface area contributed by atoms with Crippen molar-refractivity contribution < 1.29 is 16.8 Å². The van der Waals surface area contributed by atoms with Crippen LogP contribution in [0.2, 0.25) is 0 Å². The largest absolute Gasteiger partial charge is 0.396 e. The van der Waals surface area contributed by atoms with Crippen LogP contribution in [0.5, 0.6) is 0 Å². The Morgan fingerprint density at radius 3 is 2.22 bits per heavy atom. The predicted molar refractivity (Wildman–Crippen MR) is 68.7 cm³/mol. The van der Waals surface area contributed by atoms with Crippen molar-refractivity contribution in [2.75, 3.05) is 23.3 Å². The van der Waals surface area contributed by atoms with Gasteiger partial charge in [-0.3, -0.25) is 0 Å². The Hall–Kier alpha value is -1.36. The van der Waals surface area contributed by atoms with Gasteiger partial charge in [-0.15, -0.1) is 0 Å². The van der Waals surface area contributed by atoms with Gasteiger partial charge in [0.2, 0.25) is 20.0 Å². The van der Waals surface area contributed by atoms with Crippen LogP contribution in [0.1, 0.15) is 0 Å². The van der Waals surface area contributed by atoms with Gasteiger partial charge >= 0.3 is 0 Å². The second kappa shape index (κ2) is 5.10. The van der Waals surface area contributed by atoms with E-state index in [0.29, 0.717) is 0 Å². The van der Waals surface area contributed by atoms with E-state index in [0.717, 1.165) is 0 Å². The van der Waals surface area contributed by atoms with Crippen LogP contribution in [-0.2, 0) is 20.0 Å². The van der Waals surface area contributed by atoms with E-state index in [1.165, 1.54) is 18.2 Å². The van der Waals surface area contributed by atoms with E-state index in [-0.39, 0.29) is 28.6 Å². The summed E-state index contributed by atoms with van der Waals surface area (Å²) in [4.78, 5) is -0.219. The first-order chi connectivity index (χ1) is 8.11. The molecule has 0 aliphatic heterocycles. The highest BCUT2D eigenvalue weighted by Gasteiger charge is 2.14. The Kier molecular flexibility index (Phi) is 4.16. The molecular weight excluding hydrogens is 280 g/mol. The monoisotopic (exact) mass is 294 g/mol. The third kappa shape index (κ3) is 4.14. The highest BCUT2D eigenvalue weighted by atomic mass is 32.2. The van der Waals surface area contributed by atoms with Crippen LogP contribution in [-0.4, -0.2) is 29.1 Å². The highest BCUT2D eigenvalue weighted by Crippen LogP contribution is 2.25. The van der Waals surface area contributed by atoms with Crippen molar-refractivity contribution in [1.82, 2.24) is 0 Å². The van der Waals surface area contributed by atoms with E-state index >= 15 is 0 Å². The standard InChI is InChI=1S/C8H14N4O4S2/c9-8-6(12-4-5-17(10,13)14)2-1-3-7(8)18(11,15)16/h1-3,12H,4-5,9H2,(H2,10,13,14)(H2,11,15,16). The molecular formula is C8H14N4O4S2. The summed E-state index contributed by atoms with van der Waals surface area (Å²) in [6, 6.07) is 4.21. The topological polar surface area (TPSA) is 158 Å². The number of para-hydroxylation sites is 1. The van der Waals surface area contributed by atoms with Crippen LogP contribution in [0, 0.1) is 0 Å². The van der Waals surface area contributed by atoms with Crippen LogP contribution >= 0.6 is 0 Å². The fourth-order valence-corrected chi connectivity index (χ4v) is 2.35. The zero-order valence-corrected chi connectivity index (χ0v) is 11.0. The highest BCUT2D eigenvalue weighted by molar-refractivity contribution is 7.89. The average Bonchev–Trinajstić information content (AvgIpc) is 2.17. The zero-order chi connectivity index (χ0) is 14.0. The van der Waals surface area contributed by atoms with E-state index in [4.69, 9.17) is 16.0 Å². The molecule has 1 aromatic rings. The number of nitrogens with two attached hydrogens (primary N) is 3. The van der Waals surface area contributed by atoms with Gasteiger partial charge in [0, 0.05) is 6.54 Å². The molecule has 18 heavy (non-hydrogen) atoms. The summed E-state index contributed by atoms with van der Waals surface area (Å²) < 4.78 is 43.8. The molecule has 1 aromatic carbocycles. The average molecular weight is 294 g/mol. The third-order valence-electron chi connectivity index (χ3n) is 2.07. The normalized spacial score (nSPS) is 12.3. The number of hydrogen-bond acceptors (Lipinski definition) is 6. The maximum Gasteiger partial charge on any atom is 0.240 e. The van der Waals surface area contributed by atoms with Gasteiger partial charge in [0.1, 0.15) is 4.90 Å². The van der Waals surface area contributed by atoms with Crippen molar-refractivity contribution in [3.63, 3.8) is 0 Å². The minimum Gasteiger partial charge on any atom is -0.396 e. The van der Waals surface area contributed by atoms with Crippen molar-refractivity contribution in [3.05, 3.63) is 18.2 Å². The van der Waals surface area contributed by atoms with Gasteiger partial charge < -0.3 is 11.1 Å². The summed E-state index contributed by atoms with van der Waals surface area (Å²) in [5.41, 5.74) is 5.84. The van der Waals surface area contributed by atoms with Gasteiger partial charge in [-0.2, -0.15) is 0 Å². The first-order valence-corrected chi connectivity index (χ1v) is 8.03. The molecule has 0 amide bonds. The molecule has 0 bridgehead atoms. The quantitative estimate of drug-likeness (QED) is 0.490. The van der Waals surface area contributed by atoms with Crippen LogP contribution in [0.15, 0.2) is 23.1 Å². The minimum absolute atomic E-state index is 0.0110. The van der Waals surface area contributed by atoms with Crippen molar-refractivity contribution in [2.45, 2.75) is 4.90 Å². The molecule has 0 aliphatic carbocycles. The molecule has 10 heteroatoms. The van der Waals surface area contributed by atoms with Gasteiger partial charge in [0.25, 0.3) is 0 Å². The van der Waals surface area contributed by atoms with Gasteiger partial charge in [0.05, 0.1) is 17.1 Å².